The highest BCUT2D eigenvalue weighted by Crippen LogP contribution is 2.36. The summed E-state index contributed by atoms with van der Waals surface area (Å²) in [5.41, 5.74) is 1.20. The van der Waals surface area contributed by atoms with Gasteiger partial charge in [-0.05, 0) is 31.2 Å². The summed E-state index contributed by atoms with van der Waals surface area (Å²) in [6, 6.07) is 10.6. The van der Waals surface area contributed by atoms with Gasteiger partial charge in [-0.15, -0.1) is 12.4 Å². The predicted molar refractivity (Wildman–Crippen MR) is 93.7 cm³/mol. The van der Waals surface area contributed by atoms with Crippen LogP contribution in [0.5, 0.6) is 0 Å². The average Bonchev–Trinajstić information content (AvgIpc) is 3.39. The Morgan fingerprint density at radius 3 is 2.70 bits per heavy atom. The first kappa shape index (κ1) is 18.2. The number of hydrogen-bond acceptors (Lipinski definition) is 3. The molecule has 1 aromatic carbocycles. The zero-order chi connectivity index (χ0) is 15.4. The molecule has 1 saturated carbocycles. The molecule has 23 heavy (non-hydrogen) atoms. The summed E-state index contributed by atoms with van der Waals surface area (Å²) in [6.07, 6.45) is 3.00. The molecule has 5 heteroatoms. The maximum atomic E-state index is 12.8. The third-order valence-electron chi connectivity index (χ3n) is 4.72. The average molecular weight is 339 g/mol. The summed E-state index contributed by atoms with van der Waals surface area (Å²) < 4.78 is 5.69. The first-order valence-corrected chi connectivity index (χ1v) is 8.40. The number of amides is 1. The topological polar surface area (TPSA) is 41.6 Å². The molecule has 1 aliphatic heterocycles. The van der Waals surface area contributed by atoms with E-state index in [9.17, 15) is 4.79 Å². The fourth-order valence-electron chi connectivity index (χ4n) is 3.14. The van der Waals surface area contributed by atoms with Crippen LogP contribution in [0.2, 0.25) is 0 Å². The van der Waals surface area contributed by atoms with Gasteiger partial charge in [0, 0.05) is 25.7 Å². The Bertz CT molecular complexity index is 487. The van der Waals surface area contributed by atoms with Gasteiger partial charge in [-0.2, -0.15) is 0 Å². The summed E-state index contributed by atoms with van der Waals surface area (Å²) in [5.74, 6) is 0.898. The standard InChI is InChI=1S/C18H26N2O2.ClH/c1-14(16-7-8-16)20(13-15-5-3-2-4-6-15)18(21)11-17-12-19-9-10-22-17;/h2-6,14,16-17,19H,7-13H2,1H3;1H. The molecule has 3 rings (SSSR count). The maximum Gasteiger partial charge on any atom is 0.225 e. The van der Waals surface area contributed by atoms with E-state index in [2.05, 4.69) is 29.3 Å². The van der Waals surface area contributed by atoms with Crippen molar-refractivity contribution in [2.75, 3.05) is 19.7 Å². The highest BCUT2D eigenvalue weighted by atomic mass is 35.5. The van der Waals surface area contributed by atoms with Crippen molar-refractivity contribution in [2.45, 2.75) is 44.9 Å². The Morgan fingerprint density at radius 1 is 1.35 bits per heavy atom. The molecule has 1 saturated heterocycles. The number of carbonyl (C=O) groups excluding carboxylic acids is 1. The molecule has 2 fully saturated rings. The smallest absolute Gasteiger partial charge is 0.225 e. The normalized spacial score (nSPS) is 22.0. The zero-order valence-electron chi connectivity index (χ0n) is 13.7. The molecule has 1 N–H and O–H groups in total. The van der Waals surface area contributed by atoms with Crippen LogP contribution >= 0.6 is 12.4 Å². The van der Waals surface area contributed by atoms with Gasteiger partial charge in [0.15, 0.2) is 0 Å². The van der Waals surface area contributed by atoms with Gasteiger partial charge in [0.25, 0.3) is 0 Å². The number of carbonyl (C=O) groups is 1. The number of nitrogens with zero attached hydrogens (tertiary/aromatic N) is 1. The molecule has 0 radical (unpaired) electrons. The number of hydrogen-bond donors (Lipinski definition) is 1. The Kier molecular flexibility index (Phi) is 6.88. The molecule has 4 nitrogen and oxygen atoms in total. The molecular weight excluding hydrogens is 312 g/mol. The number of nitrogens with one attached hydrogen (secondary N) is 1. The second-order valence-corrected chi connectivity index (χ2v) is 6.49. The summed E-state index contributed by atoms with van der Waals surface area (Å²) in [4.78, 5) is 14.9. The van der Waals surface area contributed by atoms with Gasteiger partial charge in [-0.1, -0.05) is 30.3 Å². The van der Waals surface area contributed by atoms with Crippen LogP contribution in [-0.4, -0.2) is 42.6 Å². The summed E-state index contributed by atoms with van der Waals surface area (Å²) in [5, 5.41) is 3.30. The van der Waals surface area contributed by atoms with Gasteiger partial charge in [0.2, 0.25) is 5.91 Å². The molecule has 1 aliphatic carbocycles. The molecule has 2 unspecified atom stereocenters. The van der Waals surface area contributed by atoms with Crippen LogP contribution in [-0.2, 0) is 16.1 Å². The minimum atomic E-state index is 0. The number of halogens is 1. The molecule has 2 aliphatic rings. The molecular formula is C18H27ClN2O2. The Labute approximate surface area is 145 Å². The van der Waals surface area contributed by atoms with E-state index in [0.29, 0.717) is 31.5 Å². The van der Waals surface area contributed by atoms with E-state index in [0.717, 1.165) is 13.1 Å². The van der Waals surface area contributed by atoms with Crippen molar-refractivity contribution in [3.63, 3.8) is 0 Å². The predicted octanol–water partition coefficient (Wildman–Crippen LogP) is 2.61. The summed E-state index contributed by atoms with van der Waals surface area (Å²) in [6.45, 7) is 5.27. The van der Waals surface area contributed by atoms with Crippen LogP contribution in [0.25, 0.3) is 0 Å². The van der Waals surface area contributed by atoms with Crippen LogP contribution < -0.4 is 5.32 Å². The lowest BCUT2D eigenvalue weighted by atomic mass is 10.1. The third kappa shape index (κ3) is 5.20. The molecule has 0 bridgehead atoms. The van der Waals surface area contributed by atoms with Crippen LogP contribution in [0.15, 0.2) is 30.3 Å². The monoisotopic (exact) mass is 338 g/mol. The van der Waals surface area contributed by atoms with Crippen molar-refractivity contribution in [3.8, 4) is 0 Å². The van der Waals surface area contributed by atoms with Gasteiger partial charge < -0.3 is 15.0 Å². The van der Waals surface area contributed by atoms with Crippen LogP contribution in [0, 0.1) is 5.92 Å². The SMILES string of the molecule is CC(C1CC1)N(Cc1ccccc1)C(=O)CC1CNCCO1.Cl. The highest BCUT2D eigenvalue weighted by Gasteiger charge is 2.35. The number of morpholine rings is 1. The van der Waals surface area contributed by atoms with E-state index in [1.54, 1.807) is 0 Å². The summed E-state index contributed by atoms with van der Waals surface area (Å²) in [7, 11) is 0. The van der Waals surface area contributed by atoms with Gasteiger partial charge in [-0.25, -0.2) is 0 Å². The largest absolute Gasteiger partial charge is 0.375 e. The van der Waals surface area contributed by atoms with E-state index in [1.807, 2.05) is 18.2 Å². The Hall–Kier alpha value is -1.10. The molecule has 1 heterocycles. The number of benzene rings is 1. The fourth-order valence-corrected chi connectivity index (χ4v) is 3.14. The Balaban J connectivity index is 0.00000192. The third-order valence-corrected chi connectivity index (χ3v) is 4.72. The van der Waals surface area contributed by atoms with Crippen molar-refractivity contribution in [3.05, 3.63) is 35.9 Å². The Morgan fingerprint density at radius 2 is 2.09 bits per heavy atom. The van der Waals surface area contributed by atoms with Crippen LogP contribution in [0.4, 0.5) is 0 Å². The van der Waals surface area contributed by atoms with Crippen LogP contribution in [0.1, 0.15) is 31.7 Å². The molecule has 1 amide bonds. The van der Waals surface area contributed by atoms with E-state index in [1.165, 1.54) is 18.4 Å². The lowest BCUT2D eigenvalue weighted by Crippen LogP contribution is -2.45. The number of rotatable bonds is 6. The highest BCUT2D eigenvalue weighted by molar-refractivity contribution is 5.85. The molecule has 0 spiro atoms. The lowest BCUT2D eigenvalue weighted by molar-refractivity contribution is -0.138. The molecule has 128 valence electrons. The second-order valence-electron chi connectivity index (χ2n) is 6.49. The minimum Gasteiger partial charge on any atom is -0.375 e. The van der Waals surface area contributed by atoms with Crippen molar-refractivity contribution in [1.82, 2.24) is 10.2 Å². The van der Waals surface area contributed by atoms with E-state index >= 15 is 0 Å². The van der Waals surface area contributed by atoms with Gasteiger partial charge in [0.05, 0.1) is 19.1 Å². The van der Waals surface area contributed by atoms with Crippen molar-refractivity contribution in [2.24, 2.45) is 5.92 Å². The first-order chi connectivity index (χ1) is 10.7. The lowest BCUT2D eigenvalue weighted by Gasteiger charge is -2.32. The first-order valence-electron chi connectivity index (χ1n) is 8.40. The quantitative estimate of drug-likeness (QED) is 0.867. The number of ether oxygens (including phenoxy) is 1. The van der Waals surface area contributed by atoms with E-state index < -0.39 is 0 Å². The van der Waals surface area contributed by atoms with Crippen molar-refractivity contribution < 1.29 is 9.53 Å². The van der Waals surface area contributed by atoms with Crippen LogP contribution in [0.3, 0.4) is 0 Å². The fraction of sp³-hybridized carbons (Fsp3) is 0.611. The van der Waals surface area contributed by atoms with E-state index in [-0.39, 0.29) is 24.4 Å². The molecule has 2 atom stereocenters. The maximum absolute atomic E-state index is 12.8. The van der Waals surface area contributed by atoms with Gasteiger partial charge in [-0.3, -0.25) is 4.79 Å². The van der Waals surface area contributed by atoms with E-state index in [4.69, 9.17) is 4.74 Å². The molecule has 1 aromatic rings. The molecule has 0 aromatic heterocycles. The zero-order valence-corrected chi connectivity index (χ0v) is 14.6. The van der Waals surface area contributed by atoms with Crippen molar-refractivity contribution in [1.29, 1.82) is 0 Å². The van der Waals surface area contributed by atoms with Gasteiger partial charge in [0.1, 0.15) is 0 Å². The van der Waals surface area contributed by atoms with Gasteiger partial charge >= 0.3 is 0 Å². The minimum absolute atomic E-state index is 0. The summed E-state index contributed by atoms with van der Waals surface area (Å²) >= 11 is 0. The second kappa shape index (κ2) is 8.67. The van der Waals surface area contributed by atoms with Crippen molar-refractivity contribution >= 4 is 18.3 Å².